The molecule has 0 spiro atoms. The number of halogens is 1. The number of hydrogen-bond donors (Lipinski definition) is 1. The number of aromatic nitrogens is 2. The molecule has 0 aliphatic carbocycles. The lowest BCUT2D eigenvalue weighted by Crippen LogP contribution is -2.34. The molecule has 0 saturated carbocycles. The maximum Gasteiger partial charge on any atom is 0.235 e. The summed E-state index contributed by atoms with van der Waals surface area (Å²) >= 11 is 1.50. The van der Waals surface area contributed by atoms with E-state index in [1.807, 2.05) is 24.4 Å². The Balaban J connectivity index is 1.73. The summed E-state index contributed by atoms with van der Waals surface area (Å²) in [6.45, 7) is 3.80. The van der Waals surface area contributed by atoms with E-state index in [0.717, 1.165) is 47.3 Å². The highest BCUT2D eigenvalue weighted by molar-refractivity contribution is 7.18. The monoisotopic (exact) mass is 343 g/mol. The quantitative estimate of drug-likeness (QED) is 0.782. The third-order valence-electron chi connectivity index (χ3n) is 4.30. The van der Waals surface area contributed by atoms with Crippen molar-refractivity contribution in [3.63, 3.8) is 0 Å². The summed E-state index contributed by atoms with van der Waals surface area (Å²) in [6, 6.07) is 5.27. The Morgan fingerprint density at radius 3 is 2.83 bits per heavy atom. The molecule has 2 aromatic heterocycles. The molecule has 6 heteroatoms. The minimum absolute atomic E-state index is 0.172. The molecule has 4 rings (SSSR count). The number of nitrogens with one attached hydrogen (secondary N) is 1. The van der Waals surface area contributed by atoms with E-state index in [4.69, 9.17) is 4.74 Å². The van der Waals surface area contributed by atoms with E-state index in [9.17, 15) is 4.39 Å². The molecule has 3 heterocycles. The molecule has 124 valence electrons. The Labute approximate surface area is 143 Å². The number of benzene rings is 1. The van der Waals surface area contributed by atoms with Crippen molar-refractivity contribution in [2.45, 2.75) is 25.9 Å². The average Bonchev–Trinajstić information content (AvgIpc) is 3.01. The highest BCUT2D eigenvalue weighted by atomic mass is 32.1. The van der Waals surface area contributed by atoms with Crippen LogP contribution in [0.1, 0.15) is 18.4 Å². The minimum Gasteiger partial charge on any atom is -0.473 e. The van der Waals surface area contributed by atoms with Gasteiger partial charge in [-0.3, -0.25) is 0 Å². The van der Waals surface area contributed by atoms with Crippen molar-refractivity contribution in [3.05, 3.63) is 41.3 Å². The molecule has 1 fully saturated rings. The Kier molecular flexibility index (Phi) is 4.16. The first kappa shape index (κ1) is 15.5. The number of aryl methyl sites for hydroxylation is 1. The molecule has 0 atom stereocenters. The molecular formula is C18H18FN3OS. The molecule has 1 saturated heterocycles. The number of rotatable bonds is 3. The molecule has 1 N–H and O–H groups in total. The van der Waals surface area contributed by atoms with Crippen LogP contribution in [0.15, 0.2) is 29.9 Å². The number of hydrogen-bond acceptors (Lipinski definition) is 5. The van der Waals surface area contributed by atoms with Gasteiger partial charge in [0.15, 0.2) is 0 Å². The SMILES string of the molecule is Cc1ccc(-c2csc3c(OC4CCNCC4)ncnc23)c(F)c1. The van der Waals surface area contributed by atoms with Gasteiger partial charge >= 0.3 is 0 Å². The summed E-state index contributed by atoms with van der Waals surface area (Å²) in [5.41, 5.74) is 3.02. The summed E-state index contributed by atoms with van der Waals surface area (Å²) in [5, 5.41) is 5.26. The number of ether oxygens (including phenoxy) is 1. The van der Waals surface area contributed by atoms with Crippen LogP contribution in [-0.2, 0) is 0 Å². The summed E-state index contributed by atoms with van der Waals surface area (Å²) < 4.78 is 21.3. The zero-order valence-corrected chi connectivity index (χ0v) is 14.2. The highest BCUT2D eigenvalue weighted by Crippen LogP contribution is 2.38. The molecular weight excluding hydrogens is 325 g/mol. The van der Waals surface area contributed by atoms with Gasteiger partial charge in [-0.05, 0) is 44.5 Å². The van der Waals surface area contributed by atoms with Gasteiger partial charge in [-0.25, -0.2) is 14.4 Å². The van der Waals surface area contributed by atoms with Gasteiger partial charge in [0, 0.05) is 16.5 Å². The van der Waals surface area contributed by atoms with Crippen LogP contribution in [0, 0.1) is 12.7 Å². The first-order valence-electron chi connectivity index (χ1n) is 8.08. The Morgan fingerprint density at radius 1 is 1.21 bits per heavy atom. The molecule has 0 bridgehead atoms. The van der Waals surface area contributed by atoms with E-state index in [-0.39, 0.29) is 11.9 Å². The zero-order valence-electron chi connectivity index (χ0n) is 13.4. The molecule has 1 aromatic carbocycles. The van der Waals surface area contributed by atoms with Crippen molar-refractivity contribution in [2.24, 2.45) is 0 Å². The summed E-state index contributed by atoms with van der Waals surface area (Å²) in [5.74, 6) is 0.379. The van der Waals surface area contributed by atoms with E-state index >= 15 is 0 Å². The van der Waals surface area contributed by atoms with Crippen molar-refractivity contribution in [1.82, 2.24) is 15.3 Å². The van der Waals surface area contributed by atoms with Crippen molar-refractivity contribution >= 4 is 21.6 Å². The fourth-order valence-corrected chi connectivity index (χ4v) is 3.96. The lowest BCUT2D eigenvalue weighted by Gasteiger charge is -2.23. The van der Waals surface area contributed by atoms with Crippen LogP contribution in [0.5, 0.6) is 5.88 Å². The van der Waals surface area contributed by atoms with E-state index in [2.05, 4.69) is 15.3 Å². The predicted molar refractivity (Wildman–Crippen MR) is 94.1 cm³/mol. The standard InChI is InChI=1S/C18H18FN3OS/c1-11-2-3-13(15(19)8-11)14-9-24-17-16(14)21-10-22-18(17)23-12-4-6-20-7-5-12/h2-3,8-10,12,20H,4-7H2,1H3. The lowest BCUT2D eigenvalue weighted by molar-refractivity contribution is 0.158. The molecule has 4 nitrogen and oxygen atoms in total. The second kappa shape index (κ2) is 6.45. The normalized spacial score (nSPS) is 15.8. The van der Waals surface area contributed by atoms with Gasteiger partial charge < -0.3 is 10.1 Å². The van der Waals surface area contributed by atoms with Crippen LogP contribution in [0.4, 0.5) is 4.39 Å². The van der Waals surface area contributed by atoms with E-state index in [1.54, 1.807) is 6.07 Å². The van der Waals surface area contributed by atoms with Crippen LogP contribution in [0.25, 0.3) is 21.3 Å². The Morgan fingerprint density at radius 2 is 2.04 bits per heavy atom. The largest absolute Gasteiger partial charge is 0.473 e. The number of fused-ring (bicyclic) bond motifs is 1. The van der Waals surface area contributed by atoms with E-state index in [0.29, 0.717) is 11.4 Å². The third-order valence-corrected chi connectivity index (χ3v) is 5.26. The van der Waals surface area contributed by atoms with Crippen molar-refractivity contribution in [2.75, 3.05) is 13.1 Å². The van der Waals surface area contributed by atoms with Crippen molar-refractivity contribution in [3.8, 4) is 17.0 Å². The van der Waals surface area contributed by atoms with Crippen LogP contribution < -0.4 is 10.1 Å². The van der Waals surface area contributed by atoms with Gasteiger partial charge in [0.1, 0.15) is 22.9 Å². The second-order valence-corrected chi connectivity index (χ2v) is 6.94. The van der Waals surface area contributed by atoms with Gasteiger partial charge in [-0.1, -0.05) is 12.1 Å². The van der Waals surface area contributed by atoms with Crippen LogP contribution in [-0.4, -0.2) is 29.2 Å². The van der Waals surface area contributed by atoms with Crippen molar-refractivity contribution < 1.29 is 9.13 Å². The number of nitrogens with zero attached hydrogens (tertiary/aromatic N) is 2. The first-order valence-corrected chi connectivity index (χ1v) is 8.96. The lowest BCUT2D eigenvalue weighted by atomic mass is 10.1. The molecule has 3 aromatic rings. The average molecular weight is 343 g/mol. The molecule has 0 radical (unpaired) electrons. The molecule has 1 aliphatic rings. The number of piperidine rings is 1. The van der Waals surface area contributed by atoms with E-state index in [1.165, 1.54) is 17.7 Å². The van der Waals surface area contributed by atoms with Gasteiger partial charge in [-0.15, -0.1) is 11.3 Å². The maximum atomic E-state index is 14.3. The fraction of sp³-hybridized carbons (Fsp3) is 0.333. The molecule has 24 heavy (non-hydrogen) atoms. The number of thiophene rings is 1. The fourth-order valence-electron chi connectivity index (χ4n) is 3.01. The van der Waals surface area contributed by atoms with E-state index < -0.39 is 0 Å². The van der Waals surface area contributed by atoms with Crippen LogP contribution in [0.2, 0.25) is 0 Å². The Bertz CT molecular complexity index is 874. The minimum atomic E-state index is -0.228. The van der Waals surface area contributed by atoms with Gasteiger partial charge in [0.25, 0.3) is 0 Å². The van der Waals surface area contributed by atoms with Gasteiger partial charge in [-0.2, -0.15) is 0 Å². The predicted octanol–water partition coefficient (Wildman–Crippen LogP) is 3.94. The second-order valence-electron chi connectivity index (χ2n) is 6.06. The zero-order chi connectivity index (χ0) is 16.5. The topological polar surface area (TPSA) is 47.0 Å². The third kappa shape index (κ3) is 2.87. The maximum absolute atomic E-state index is 14.3. The van der Waals surface area contributed by atoms with Crippen molar-refractivity contribution in [1.29, 1.82) is 0 Å². The molecule has 0 amide bonds. The van der Waals surface area contributed by atoms with Gasteiger partial charge in [0.05, 0.1) is 5.52 Å². The molecule has 0 unspecified atom stereocenters. The smallest absolute Gasteiger partial charge is 0.235 e. The first-order chi connectivity index (χ1) is 11.7. The summed E-state index contributed by atoms with van der Waals surface area (Å²) in [4.78, 5) is 8.68. The highest BCUT2D eigenvalue weighted by Gasteiger charge is 2.19. The van der Waals surface area contributed by atoms with Crippen LogP contribution >= 0.6 is 11.3 Å². The molecule has 1 aliphatic heterocycles. The van der Waals surface area contributed by atoms with Crippen LogP contribution in [0.3, 0.4) is 0 Å². The summed E-state index contributed by atoms with van der Waals surface area (Å²) in [6.07, 6.45) is 3.61. The Hall–Kier alpha value is -2.05. The summed E-state index contributed by atoms with van der Waals surface area (Å²) in [7, 11) is 0. The van der Waals surface area contributed by atoms with Gasteiger partial charge in [0.2, 0.25) is 5.88 Å².